The van der Waals surface area contributed by atoms with E-state index in [2.05, 4.69) is 5.32 Å². The fraction of sp³-hybridized carbons (Fsp3) is 0.348. The minimum Gasteiger partial charge on any atom is -0.352 e. The van der Waals surface area contributed by atoms with Crippen LogP contribution in [0, 0.1) is 0 Å². The summed E-state index contributed by atoms with van der Waals surface area (Å²) < 4.78 is 1.81. The lowest BCUT2D eigenvalue weighted by Gasteiger charge is -2.16. The normalized spacial score (nSPS) is 14.1. The molecular formula is C23H24ClN3O2. The Morgan fingerprint density at radius 2 is 1.97 bits per heavy atom. The lowest BCUT2D eigenvalue weighted by molar-refractivity contribution is 0.0954. The molecule has 0 saturated heterocycles. The summed E-state index contributed by atoms with van der Waals surface area (Å²) in [5, 5.41) is 4.20. The van der Waals surface area contributed by atoms with Gasteiger partial charge in [-0.05, 0) is 55.2 Å². The number of amides is 1. The number of rotatable bonds is 4. The second-order valence-corrected chi connectivity index (χ2v) is 7.95. The SMILES string of the molecule is O=C(NCCc1cccc(Cl)c1)c1ccc2c(=O)n3c(nc2c1)CCCCCC3. The van der Waals surface area contributed by atoms with Gasteiger partial charge in [-0.2, -0.15) is 0 Å². The Bertz CT molecular complexity index is 1110. The quantitative estimate of drug-likeness (QED) is 0.704. The van der Waals surface area contributed by atoms with Gasteiger partial charge in [0, 0.05) is 30.1 Å². The first-order chi connectivity index (χ1) is 14.1. The van der Waals surface area contributed by atoms with Crippen LogP contribution in [0.2, 0.25) is 5.02 Å². The molecule has 29 heavy (non-hydrogen) atoms. The van der Waals surface area contributed by atoms with Crippen molar-refractivity contribution in [3.8, 4) is 0 Å². The fourth-order valence-corrected chi connectivity index (χ4v) is 4.06. The number of fused-ring (bicyclic) bond motifs is 2. The zero-order valence-corrected chi connectivity index (χ0v) is 17.0. The van der Waals surface area contributed by atoms with Crippen LogP contribution in [0.5, 0.6) is 0 Å². The molecule has 1 amide bonds. The maximum atomic E-state index is 12.9. The van der Waals surface area contributed by atoms with E-state index in [1.165, 1.54) is 6.42 Å². The zero-order valence-electron chi connectivity index (χ0n) is 16.3. The lowest BCUT2D eigenvalue weighted by Crippen LogP contribution is -2.28. The predicted octanol–water partition coefficient (Wildman–Crippen LogP) is 4.14. The fourth-order valence-electron chi connectivity index (χ4n) is 3.85. The summed E-state index contributed by atoms with van der Waals surface area (Å²) in [5.41, 5.74) is 2.19. The van der Waals surface area contributed by atoms with Crippen molar-refractivity contribution in [1.82, 2.24) is 14.9 Å². The summed E-state index contributed by atoms with van der Waals surface area (Å²) in [6.07, 6.45) is 5.88. The van der Waals surface area contributed by atoms with E-state index in [0.29, 0.717) is 34.5 Å². The monoisotopic (exact) mass is 409 g/mol. The minimum atomic E-state index is -0.164. The standard InChI is InChI=1S/C23H24ClN3O2/c24-18-7-5-6-16(14-18)11-12-25-22(28)17-9-10-19-20(15-17)26-21-8-3-1-2-4-13-27(21)23(19)29/h5-7,9-10,14-15H,1-4,8,11-13H2,(H,25,28). The Morgan fingerprint density at radius 3 is 2.83 bits per heavy atom. The van der Waals surface area contributed by atoms with Gasteiger partial charge in [-0.3, -0.25) is 14.2 Å². The summed E-state index contributed by atoms with van der Waals surface area (Å²) in [5.74, 6) is 0.670. The average molecular weight is 410 g/mol. The van der Waals surface area contributed by atoms with E-state index in [1.54, 1.807) is 18.2 Å². The average Bonchev–Trinajstić information content (AvgIpc) is 2.69. The van der Waals surface area contributed by atoms with Gasteiger partial charge in [0.1, 0.15) is 5.82 Å². The van der Waals surface area contributed by atoms with E-state index in [-0.39, 0.29) is 11.5 Å². The molecule has 0 aliphatic carbocycles. The first-order valence-electron chi connectivity index (χ1n) is 10.2. The highest BCUT2D eigenvalue weighted by Gasteiger charge is 2.14. The largest absolute Gasteiger partial charge is 0.352 e. The third-order valence-electron chi connectivity index (χ3n) is 5.42. The van der Waals surface area contributed by atoms with Gasteiger partial charge in [0.15, 0.2) is 0 Å². The minimum absolute atomic E-state index is 0.000172. The Balaban J connectivity index is 1.52. The third-order valence-corrected chi connectivity index (χ3v) is 5.65. The molecule has 0 atom stereocenters. The van der Waals surface area contributed by atoms with E-state index >= 15 is 0 Å². The lowest BCUT2D eigenvalue weighted by atomic mass is 10.1. The summed E-state index contributed by atoms with van der Waals surface area (Å²) in [4.78, 5) is 30.2. The number of carbonyl (C=O) groups is 1. The highest BCUT2D eigenvalue weighted by atomic mass is 35.5. The molecule has 1 aliphatic heterocycles. The first-order valence-corrected chi connectivity index (χ1v) is 10.6. The molecule has 0 unspecified atom stereocenters. The van der Waals surface area contributed by atoms with E-state index in [4.69, 9.17) is 16.6 Å². The Morgan fingerprint density at radius 1 is 1.10 bits per heavy atom. The molecule has 1 aliphatic rings. The number of aromatic nitrogens is 2. The summed E-state index contributed by atoms with van der Waals surface area (Å²) >= 11 is 6.00. The highest BCUT2D eigenvalue weighted by molar-refractivity contribution is 6.30. The van der Waals surface area contributed by atoms with Gasteiger partial charge in [0.25, 0.3) is 11.5 Å². The number of hydrogen-bond acceptors (Lipinski definition) is 3. The van der Waals surface area contributed by atoms with E-state index in [1.807, 2.05) is 28.8 Å². The van der Waals surface area contributed by atoms with Crippen molar-refractivity contribution in [2.45, 2.75) is 45.1 Å². The molecule has 1 aromatic heterocycles. The Kier molecular flexibility index (Phi) is 5.95. The van der Waals surface area contributed by atoms with Crippen molar-refractivity contribution in [2.24, 2.45) is 0 Å². The molecule has 1 N–H and O–H groups in total. The van der Waals surface area contributed by atoms with Crippen LogP contribution < -0.4 is 10.9 Å². The molecule has 5 nitrogen and oxygen atoms in total. The van der Waals surface area contributed by atoms with Crippen LogP contribution in [0.3, 0.4) is 0 Å². The number of halogens is 1. The van der Waals surface area contributed by atoms with Crippen molar-refractivity contribution in [1.29, 1.82) is 0 Å². The molecule has 0 radical (unpaired) electrons. The Hall–Kier alpha value is -2.66. The molecule has 3 aromatic rings. The number of aryl methyl sites for hydroxylation is 1. The maximum Gasteiger partial charge on any atom is 0.261 e. The second-order valence-electron chi connectivity index (χ2n) is 7.52. The summed E-state index contributed by atoms with van der Waals surface area (Å²) in [6.45, 7) is 1.24. The smallest absolute Gasteiger partial charge is 0.261 e. The van der Waals surface area contributed by atoms with Crippen molar-refractivity contribution < 1.29 is 4.79 Å². The molecular weight excluding hydrogens is 386 g/mol. The number of nitrogens with one attached hydrogen (secondary N) is 1. The third kappa shape index (κ3) is 4.51. The van der Waals surface area contributed by atoms with Crippen molar-refractivity contribution in [2.75, 3.05) is 6.54 Å². The zero-order chi connectivity index (χ0) is 20.2. The van der Waals surface area contributed by atoms with Gasteiger partial charge in [0.2, 0.25) is 0 Å². The van der Waals surface area contributed by atoms with Gasteiger partial charge in [0.05, 0.1) is 10.9 Å². The van der Waals surface area contributed by atoms with Crippen LogP contribution in [0.15, 0.2) is 47.3 Å². The molecule has 4 rings (SSSR count). The van der Waals surface area contributed by atoms with Crippen LogP contribution in [-0.4, -0.2) is 22.0 Å². The van der Waals surface area contributed by atoms with E-state index < -0.39 is 0 Å². The van der Waals surface area contributed by atoms with Crippen molar-refractivity contribution in [3.05, 3.63) is 74.8 Å². The molecule has 0 bridgehead atoms. The molecule has 6 heteroatoms. The van der Waals surface area contributed by atoms with E-state index in [9.17, 15) is 9.59 Å². The van der Waals surface area contributed by atoms with Crippen molar-refractivity contribution >= 4 is 28.4 Å². The predicted molar refractivity (Wildman–Crippen MR) is 116 cm³/mol. The van der Waals surface area contributed by atoms with Crippen molar-refractivity contribution in [3.63, 3.8) is 0 Å². The molecule has 2 heterocycles. The Labute approximate surface area is 174 Å². The van der Waals surface area contributed by atoms with Crippen LogP contribution in [0.1, 0.15) is 47.4 Å². The van der Waals surface area contributed by atoms with Gasteiger partial charge < -0.3 is 5.32 Å². The molecule has 150 valence electrons. The van der Waals surface area contributed by atoms with E-state index in [0.717, 1.165) is 43.6 Å². The second kappa shape index (κ2) is 8.78. The maximum absolute atomic E-state index is 12.9. The number of hydrogen-bond donors (Lipinski definition) is 1. The number of benzene rings is 2. The number of carbonyl (C=O) groups excluding carboxylic acids is 1. The molecule has 0 spiro atoms. The summed E-state index contributed by atoms with van der Waals surface area (Å²) in [7, 11) is 0. The number of nitrogens with zero attached hydrogens (tertiary/aromatic N) is 2. The molecule has 0 fully saturated rings. The topological polar surface area (TPSA) is 64.0 Å². The van der Waals surface area contributed by atoms with Gasteiger partial charge in [-0.15, -0.1) is 0 Å². The van der Waals surface area contributed by atoms with Crippen LogP contribution in [0.25, 0.3) is 10.9 Å². The first kappa shape index (κ1) is 19.6. The molecule has 0 saturated carbocycles. The highest BCUT2D eigenvalue weighted by Crippen LogP contribution is 2.16. The van der Waals surface area contributed by atoms with Gasteiger partial charge >= 0.3 is 0 Å². The van der Waals surface area contributed by atoms with Crippen LogP contribution >= 0.6 is 11.6 Å². The van der Waals surface area contributed by atoms with Crippen LogP contribution in [-0.2, 0) is 19.4 Å². The van der Waals surface area contributed by atoms with Gasteiger partial charge in [-0.25, -0.2) is 4.98 Å². The summed E-state index contributed by atoms with van der Waals surface area (Å²) in [6, 6.07) is 12.8. The van der Waals surface area contributed by atoms with Crippen LogP contribution in [0.4, 0.5) is 0 Å². The van der Waals surface area contributed by atoms with Gasteiger partial charge in [-0.1, -0.05) is 36.6 Å². The molecule has 2 aromatic carbocycles.